The zero-order valence-corrected chi connectivity index (χ0v) is 11.9. The Hall–Kier alpha value is -2.63. The predicted octanol–water partition coefficient (Wildman–Crippen LogP) is 0.424. The lowest BCUT2D eigenvalue weighted by Gasteiger charge is -2.15. The average Bonchev–Trinajstić information content (AvgIpc) is 2.49. The fourth-order valence-corrected chi connectivity index (χ4v) is 2.00. The average molecular weight is 287 g/mol. The first kappa shape index (κ1) is 14.8. The van der Waals surface area contributed by atoms with Crippen molar-refractivity contribution in [2.45, 2.75) is 19.5 Å². The summed E-state index contributed by atoms with van der Waals surface area (Å²) in [6, 6.07) is 10.6. The van der Waals surface area contributed by atoms with Crippen molar-refractivity contribution in [2.75, 3.05) is 0 Å². The summed E-state index contributed by atoms with van der Waals surface area (Å²) in [7, 11) is 1.38. The normalized spacial score (nSPS) is 11.9. The summed E-state index contributed by atoms with van der Waals surface area (Å²) in [5, 5.41) is 2.82. The highest BCUT2D eigenvalue weighted by atomic mass is 16.2. The van der Waals surface area contributed by atoms with E-state index in [2.05, 4.69) is 5.32 Å². The molecule has 110 valence electrons. The van der Waals surface area contributed by atoms with Gasteiger partial charge in [0.1, 0.15) is 6.54 Å². The van der Waals surface area contributed by atoms with Crippen LogP contribution in [0.1, 0.15) is 18.5 Å². The van der Waals surface area contributed by atoms with Crippen molar-refractivity contribution in [3.05, 3.63) is 69.0 Å². The summed E-state index contributed by atoms with van der Waals surface area (Å²) >= 11 is 0. The standard InChI is InChI=1S/C15H17N3O3/c1-11(12-6-4-3-5-7-12)16-13(19)10-18-9-8-14(20)17(2)15(18)21/h3-9,11H,10H2,1-2H3,(H,16,19)/t11-/m0/s1. The number of amides is 1. The molecule has 1 aromatic carbocycles. The summed E-state index contributed by atoms with van der Waals surface area (Å²) in [5.41, 5.74) is 0.0815. The van der Waals surface area contributed by atoms with Crippen LogP contribution in [-0.2, 0) is 18.4 Å². The Morgan fingerprint density at radius 1 is 1.19 bits per heavy atom. The lowest BCUT2D eigenvalue weighted by molar-refractivity contribution is -0.122. The van der Waals surface area contributed by atoms with Crippen LogP contribution in [0.3, 0.4) is 0 Å². The first-order valence-electron chi connectivity index (χ1n) is 6.60. The molecule has 6 heteroatoms. The minimum Gasteiger partial charge on any atom is -0.348 e. The van der Waals surface area contributed by atoms with Crippen LogP contribution < -0.4 is 16.6 Å². The number of carbonyl (C=O) groups excluding carboxylic acids is 1. The molecule has 2 rings (SSSR count). The second-order valence-electron chi connectivity index (χ2n) is 4.82. The van der Waals surface area contributed by atoms with E-state index in [-0.39, 0.29) is 18.5 Å². The Labute approximate surface area is 121 Å². The fourth-order valence-electron chi connectivity index (χ4n) is 2.00. The lowest BCUT2D eigenvalue weighted by Crippen LogP contribution is -2.40. The number of rotatable bonds is 4. The highest BCUT2D eigenvalue weighted by Crippen LogP contribution is 2.10. The molecule has 0 bridgehead atoms. The molecule has 21 heavy (non-hydrogen) atoms. The SMILES string of the molecule is C[C@H](NC(=O)Cn1ccc(=O)n(C)c1=O)c1ccccc1. The number of nitrogens with zero attached hydrogens (tertiary/aromatic N) is 2. The van der Waals surface area contributed by atoms with Gasteiger partial charge in [0.15, 0.2) is 0 Å². The summed E-state index contributed by atoms with van der Waals surface area (Å²) < 4.78 is 2.17. The number of hydrogen-bond donors (Lipinski definition) is 1. The van der Waals surface area contributed by atoms with Gasteiger partial charge in [-0.2, -0.15) is 0 Å². The Kier molecular flexibility index (Phi) is 4.37. The van der Waals surface area contributed by atoms with Gasteiger partial charge in [-0.1, -0.05) is 30.3 Å². The number of benzene rings is 1. The monoisotopic (exact) mass is 287 g/mol. The van der Waals surface area contributed by atoms with Crippen molar-refractivity contribution in [2.24, 2.45) is 7.05 Å². The van der Waals surface area contributed by atoms with Gasteiger partial charge < -0.3 is 5.32 Å². The summed E-state index contributed by atoms with van der Waals surface area (Å²) in [6.45, 7) is 1.75. The first-order chi connectivity index (χ1) is 9.99. The molecule has 0 saturated heterocycles. The van der Waals surface area contributed by atoms with Crippen LogP contribution in [0.4, 0.5) is 0 Å². The van der Waals surface area contributed by atoms with Gasteiger partial charge in [0.05, 0.1) is 6.04 Å². The topological polar surface area (TPSA) is 73.1 Å². The first-order valence-corrected chi connectivity index (χ1v) is 6.60. The molecule has 0 saturated carbocycles. The van der Waals surface area contributed by atoms with Crippen molar-refractivity contribution >= 4 is 5.91 Å². The highest BCUT2D eigenvalue weighted by molar-refractivity contribution is 5.76. The molecule has 1 N–H and O–H groups in total. The maximum absolute atomic E-state index is 12.0. The van der Waals surface area contributed by atoms with E-state index in [4.69, 9.17) is 0 Å². The van der Waals surface area contributed by atoms with Gasteiger partial charge in [-0.05, 0) is 12.5 Å². The van der Waals surface area contributed by atoms with Gasteiger partial charge >= 0.3 is 5.69 Å². The molecule has 0 aliphatic carbocycles. The van der Waals surface area contributed by atoms with Crippen molar-refractivity contribution < 1.29 is 4.79 Å². The van der Waals surface area contributed by atoms with E-state index in [0.29, 0.717) is 0 Å². The quantitative estimate of drug-likeness (QED) is 0.886. The molecule has 1 aromatic heterocycles. The van der Waals surface area contributed by atoms with Crippen molar-refractivity contribution in [1.82, 2.24) is 14.5 Å². The molecule has 0 radical (unpaired) electrons. The molecule has 0 fully saturated rings. The summed E-state index contributed by atoms with van der Waals surface area (Å²) in [6.07, 6.45) is 1.33. The van der Waals surface area contributed by atoms with Crippen molar-refractivity contribution in [3.63, 3.8) is 0 Å². The molecule has 0 aliphatic heterocycles. The maximum Gasteiger partial charge on any atom is 0.331 e. The Morgan fingerprint density at radius 2 is 1.86 bits per heavy atom. The Bertz CT molecular complexity index is 747. The third-order valence-corrected chi connectivity index (χ3v) is 3.25. The van der Waals surface area contributed by atoms with Gasteiger partial charge in [0, 0.05) is 19.3 Å². The van der Waals surface area contributed by atoms with E-state index in [1.807, 2.05) is 37.3 Å². The molecule has 0 unspecified atom stereocenters. The number of nitrogens with one attached hydrogen (secondary N) is 1. The molecule has 2 aromatic rings. The molecular weight excluding hydrogens is 270 g/mol. The molecule has 1 heterocycles. The minimum absolute atomic E-state index is 0.121. The van der Waals surface area contributed by atoms with Crippen LogP contribution in [0.25, 0.3) is 0 Å². The van der Waals surface area contributed by atoms with Crippen LogP contribution in [0, 0.1) is 0 Å². The van der Waals surface area contributed by atoms with Crippen LogP contribution in [0.5, 0.6) is 0 Å². The Morgan fingerprint density at radius 3 is 2.52 bits per heavy atom. The molecule has 1 atom stereocenters. The lowest BCUT2D eigenvalue weighted by atomic mass is 10.1. The van der Waals surface area contributed by atoms with E-state index < -0.39 is 11.2 Å². The van der Waals surface area contributed by atoms with Gasteiger partial charge in [0.25, 0.3) is 5.56 Å². The van der Waals surface area contributed by atoms with Gasteiger partial charge in [-0.3, -0.25) is 18.7 Å². The minimum atomic E-state index is -0.509. The van der Waals surface area contributed by atoms with Crippen LogP contribution in [0.2, 0.25) is 0 Å². The summed E-state index contributed by atoms with van der Waals surface area (Å²) in [4.78, 5) is 35.1. The van der Waals surface area contributed by atoms with Gasteiger partial charge in [-0.25, -0.2) is 4.79 Å². The van der Waals surface area contributed by atoms with Crippen LogP contribution >= 0.6 is 0 Å². The van der Waals surface area contributed by atoms with E-state index in [1.165, 1.54) is 23.9 Å². The van der Waals surface area contributed by atoms with Crippen LogP contribution in [-0.4, -0.2) is 15.0 Å². The largest absolute Gasteiger partial charge is 0.348 e. The predicted molar refractivity (Wildman–Crippen MR) is 78.9 cm³/mol. The van der Waals surface area contributed by atoms with Gasteiger partial charge in [0.2, 0.25) is 5.91 Å². The van der Waals surface area contributed by atoms with Crippen molar-refractivity contribution in [3.8, 4) is 0 Å². The third-order valence-electron chi connectivity index (χ3n) is 3.25. The zero-order valence-electron chi connectivity index (χ0n) is 11.9. The number of aromatic nitrogens is 2. The summed E-state index contributed by atoms with van der Waals surface area (Å²) in [5.74, 6) is -0.285. The smallest absolute Gasteiger partial charge is 0.331 e. The van der Waals surface area contributed by atoms with Crippen molar-refractivity contribution in [1.29, 1.82) is 0 Å². The zero-order chi connectivity index (χ0) is 15.4. The van der Waals surface area contributed by atoms with E-state index >= 15 is 0 Å². The second kappa shape index (κ2) is 6.21. The van der Waals surface area contributed by atoms with Gasteiger partial charge in [-0.15, -0.1) is 0 Å². The molecule has 0 aliphatic rings. The number of carbonyl (C=O) groups is 1. The maximum atomic E-state index is 12.0. The molecule has 6 nitrogen and oxygen atoms in total. The third kappa shape index (κ3) is 3.47. The van der Waals surface area contributed by atoms with E-state index in [1.54, 1.807) is 0 Å². The van der Waals surface area contributed by atoms with E-state index in [0.717, 1.165) is 10.1 Å². The molecule has 0 spiro atoms. The number of hydrogen-bond acceptors (Lipinski definition) is 3. The van der Waals surface area contributed by atoms with E-state index in [9.17, 15) is 14.4 Å². The molecule has 1 amide bonds. The Balaban J connectivity index is 2.08. The van der Waals surface area contributed by atoms with Crippen LogP contribution in [0.15, 0.2) is 52.2 Å². The fraction of sp³-hybridized carbons (Fsp3) is 0.267. The molecular formula is C15H17N3O3. The second-order valence-corrected chi connectivity index (χ2v) is 4.82. The highest BCUT2D eigenvalue weighted by Gasteiger charge is 2.11.